The third kappa shape index (κ3) is 1.93. The normalized spacial score (nSPS) is 11.1. The number of nitrogens with one attached hydrogen (secondary N) is 2. The molecule has 0 aliphatic rings. The predicted octanol–water partition coefficient (Wildman–Crippen LogP) is -0.732. The standard InChI is InChI=1S/C9H11N4O2S2/c1-2-3-4-5-12(16)6-7(13(5)17)10-9(15)11-8(6)14/h2-4H2,1H3,(H2,10,11,14,15)/q-1. The molecule has 0 unspecified atom stereocenters. The van der Waals surface area contributed by atoms with E-state index in [0.717, 1.165) is 12.8 Å². The molecule has 2 heterocycles. The van der Waals surface area contributed by atoms with Gasteiger partial charge in [-0.3, -0.25) is 9.78 Å². The lowest BCUT2D eigenvalue weighted by atomic mass is 10.2. The zero-order chi connectivity index (χ0) is 12.6. The van der Waals surface area contributed by atoms with Gasteiger partial charge in [0.1, 0.15) is 0 Å². The lowest BCUT2D eigenvalue weighted by Gasteiger charge is -2.11. The lowest BCUT2D eigenvalue weighted by molar-refractivity contribution is -0.475. The summed E-state index contributed by atoms with van der Waals surface area (Å²) in [5.41, 5.74) is -0.584. The summed E-state index contributed by atoms with van der Waals surface area (Å²) in [5.74, 6) is 0.666. The van der Waals surface area contributed by atoms with Crippen LogP contribution in [0.3, 0.4) is 0 Å². The van der Waals surface area contributed by atoms with Crippen LogP contribution in [0.5, 0.6) is 0 Å². The summed E-state index contributed by atoms with van der Waals surface area (Å²) < 4.78 is 2.68. The van der Waals surface area contributed by atoms with Gasteiger partial charge in [0.05, 0.1) is 0 Å². The molecule has 0 saturated heterocycles. The summed E-state index contributed by atoms with van der Waals surface area (Å²) in [6.45, 7) is 2.05. The molecule has 0 aliphatic heterocycles. The number of H-pyrrole nitrogens is 2. The first-order chi connectivity index (χ1) is 8.06. The minimum atomic E-state index is -0.580. The molecule has 0 aliphatic carbocycles. The molecule has 0 radical (unpaired) electrons. The minimum absolute atomic E-state index is 0.223. The fourth-order valence-electron chi connectivity index (χ4n) is 1.68. The van der Waals surface area contributed by atoms with Crippen molar-refractivity contribution in [2.45, 2.75) is 26.2 Å². The van der Waals surface area contributed by atoms with Gasteiger partial charge >= 0.3 is 5.69 Å². The van der Waals surface area contributed by atoms with Gasteiger partial charge in [-0.2, -0.15) is 0 Å². The number of rotatable bonds is 3. The van der Waals surface area contributed by atoms with Gasteiger partial charge in [-0.05, 0) is 6.42 Å². The summed E-state index contributed by atoms with van der Waals surface area (Å²) in [6.07, 6.45) is 2.60. The summed E-state index contributed by atoms with van der Waals surface area (Å²) >= 11 is 10.3. The van der Waals surface area contributed by atoms with E-state index in [1.807, 2.05) is 0 Å². The highest BCUT2D eigenvalue weighted by atomic mass is 32.1. The molecule has 0 bridgehead atoms. The SMILES string of the molecule is CCCCc1n([S-])c2c(=O)[nH]c(=O)[nH]c2[n+]1[S-]. The molecule has 0 aromatic carbocycles. The van der Waals surface area contributed by atoms with Crippen LogP contribution in [0.1, 0.15) is 25.6 Å². The van der Waals surface area contributed by atoms with E-state index in [0.29, 0.717) is 12.2 Å². The summed E-state index contributed by atoms with van der Waals surface area (Å²) in [4.78, 5) is 27.4. The number of nitrogens with zero attached hydrogens (tertiary/aromatic N) is 2. The molecule has 8 heteroatoms. The molecule has 0 saturated carbocycles. The number of hydrogen-bond donors (Lipinski definition) is 2. The number of aromatic amines is 2. The Kier molecular flexibility index (Phi) is 3.16. The molecule has 2 rings (SSSR count). The Hall–Kier alpha value is -1.41. The Balaban J connectivity index is 2.76. The average Bonchev–Trinajstić information content (AvgIpc) is 2.49. The zero-order valence-corrected chi connectivity index (χ0v) is 10.8. The first kappa shape index (κ1) is 12.1. The van der Waals surface area contributed by atoms with Crippen LogP contribution in [0, 0.1) is 0 Å². The van der Waals surface area contributed by atoms with Gasteiger partial charge in [-0.25, -0.2) is 9.78 Å². The van der Waals surface area contributed by atoms with Crippen molar-refractivity contribution >= 4 is 36.8 Å². The molecule has 0 fully saturated rings. The largest absolute Gasteiger partial charge is 0.598 e. The zero-order valence-electron chi connectivity index (χ0n) is 9.15. The highest BCUT2D eigenvalue weighted by molar-refractivity contribution is 7.57. The van der Waals surface area contributed by atoms with E-state index in [1.165, 1.54) is 7.94 Å². The molecule has 92 valence electrons. The Bertz CT molecular complexity index is 670. The topological polar surface area (TPSA) is 74.5 Å². The van der Waals surface area contributed by atoms with E-state index in [-0.39, 0.29) is 11.2 Å². The van der Waals surface area contributed by atoms with Gasteiger partial charge in [0.25, 0.3) is 11.2 Å². The monoisotopic (exact) mass is 271 g/mol. The first-order valence-electron chi connectivity index (χ1n) is 5.23. The second kappa shape index (κ2) is 4.46. The fraction of sp³-hybridized carbons (Fsp3) is 0.444. The minimum Gasteiger partial charge on any atom is -0.598 e. The van der Waals surface area contributed by atoms with Crippen molar-refractivity contribution in [3.05, 3.63) is 26.7 Å². The maximum atomic E-state index is 11.6. The van der Waals surface area contributed by atoms with Crippen molar-refractivity contribution in [3.8, 4) is 0 Å². The van der Waals surface area contributed by atoms with Crippen molar-refractivity contribution < 1.29 is 3.97 Å². The van der Waals surface area contributed by atoms with E-state index in [4.69, 9.17) is 25.6 Å². The van der Waals surface area contributed by atoms with Crippen LogP contribution in [0.2, 0.25) is 0 Å². The molecule has 2 N–H and O–H groups in total. The van der Waals surface area contributed by atoms with E-state index < -0.39 is 11.2 Å². The van der Waals surface area contributed by atoms with E-state index >= 15 is 0 Å². The van der Waals surface area contributed by atoms with E-state index in [1.54, 1.807) is 0 Å². The second-order valence-corrected chi connectivity index (χ2v) is 4.44. The summed E-state index contributed by atoms with van der Waals surface area (Å²) in [7, 11) is 0. The maximum absolute atomic E-state index is 11.6. The van der Waals surface area contributed by atoms with Crippen molar-refractivity contribution in [2.75, 3.05) is 0 Å². The van der Waals surface area contributed by atoms with Crippen molar-refractivity contribution in [1.82, 2.24) is 13.9 Å². The number of unbranched alkanes of at least 4 members (excludes halogenated alkanes) is 1. The molecular weight excluding hydrogens is 260 g/mol. The van der Waals surface area contributed by atoms with E-state index in [9.17, 15) is 9.59 Å². The van der Waals surface area contributed by atoms with Crippen LogP contribution in [-0.4, -0.2) is 13.9 Å². The third-order valence-corrected chi connectivity index (χ3v) is 3.31. The van der Waals surface area contributed by atoms with Gasteiger partial charge < -0.3 is 33.6 Å². The Labute approximate surface area is 108 Å². The molecule has 2 aromatic rings. The molecule has 6 nitrogen and oxygen atoms in total. The van der Waals surface area contributed by atoms with Gasteiger partial charge in [0.15, 0.2) is 5.82 Å². The van der Waals surface area contributed by atoms with Crippen LogP contribution in [0.15, 0.2) is 9.59 Å². The van der Waals surface area contributed by atoms with Crippen LogP contribution < -0.4 is 15.2 Å². The van der Waals surface area contributed by atoms with Crippen LogP contribution in [0.25, 0.3) is 11.2 Å². The quantitative estimate of drug-likeness (QED) is 0.570. The molecule has 17 heavy (non-hydrogen) atoms. The fourth-order valence-corrected chi connectivity index (χ4v) is 2.38. The predicted molar refractivity (Wildman–Crippen MR) is 67.5 cm³/mol. The number of aromatic nitrogens is 4. The second-order valence-electron chi connectivity index (χ2n) is 3.71. The molecule has 0 amide bonds. The smallest absolute Gasteiger partial charge is 0.384 e. The first-order valence-corrected chi connectivity index (χ1v) is 5.96. The van der Waals surface area contributed by atoms with Gasteiger partial charge in [0, 0.05) is 6.42 Å². The van der Waals surface area contributed by atoms with Crippen molar-refractivity contribution in [3.63, 3.8) is 0 Å². The Morgan fingerprint density at radius 2 is 2.06 bits per heavy atom. The molecule has 2 aromatic heterocycles. The molecular formula is C9H11N4O2S2-. The highest BCUT2D eigenvalue weighted by Crippen LogP contribution is 2.07. The molecule has 0 atom stereocenters. The third-order valence-electron chi connectivity index (χ3n) is 2.53. The lowest BCUT2D eigenvalue weighted by Crippen LogP contribution is -2.34. The Morgan fingerprint density at radius 3 is 2.71 bits per heavy atom. The summed E-state index contributed by atoms with van der Waals surface area (Å²) in [6, 6.07) is 0. The number of fused-ring (bicyclic) bond motifs is 1. The van der Waals surface area contributed by atoms with Crippen LogP contribution >= 0.6 is 0 Å². The van der Waals surface area contributed by atoms with Crippen molar-refractivity contribution in [2.24, 2.45) is 0 Å². The number of imidazole rings is 1. The van der Waals surface area contributed by atoms with Crippen LogP contribution in [-0.2, 0) is 32.1 Å². The van der Waals surface area contributed by atoms with Crippen LogP contribution in [0.4, 0.5) is 0 Å². The van der Waals surface area contributed by atoms with E-state index in [2.05, 4.69) is 16.9 Å². The Morgan fingerprint density at radius 1 is 1.35 bits per heavy atom. The average molecular weight is 271 g/mol. The van der Waals surface area contributed by atoms with Gasteiger partial charge in [-0.15, -0.1) is 0 Å². The van der Waals surface area contributed by atoms with Crippen molar-refractivity contribution in [1.29, 1.82) is 0 Å². The number of hydrogen-bond acceptors (Lipinski definition) is 4. The van der Waals surface area contributed by atoms with Gasteiger partial charge in [-0.1, -0.05) is 13.3 Å². The summed E-state index contributed by atoms with van der Waals surface area (Å²) in [5, 5.41) is 0. The maximum Gasteiger partial charge on any atom is 0.384 e. The molecule has 0 spiro atoms. The highest BCUT2D eigenvalue weighted by Gasteiger charge is 2.15. The van der Waals surface area contributed by atoms with Gasteiger partial charge in [0.2, 0.25) is 5.52 Å².